The summed E-state index contributed by atoms with van der Waals surface area (Å²) in [6.07, 6.45) is -4.36. The Labute approximate surface area is 95.6 Å². The Morgan fingerprint density at radius 2 is 2.18 bits per heavy atom. The van der Waals surface area contributed by atoms with E-state index in [1.54, 1.807) is 0 Å². The fraction of sp³-hybridized carbons (Fsp3) is 0.333. The normalized spacial score (nSPS) is 17.8. The van der Waals surface area contributed by atoms with E-state index in [2.05, 4.69) is 17.1 Å². The van der Waals surface area contributed by atoms with Crippen molar-refractivity contribution in [2.24, 2.45) is 0 Å². The second-order valence-electron chi connectivity index (χ2n) is 3.31. The van der Waals surface area contributed by atoms with Gasteiger partial charge >= 0.3 is 6.18 Å². The topological polar surface area (TPSA) is 39.8 Å². The van der Waals surface area contributed by atoms with Crippen LogP contribution in [0.3, 0.4) is 0 Å². The number of halogens is 3. The number of benzene rings is 1. The molecule has 93 valence electrons. The molecule has 2 N–H and O–H groups in total. The first kappa shape index (κ1) is 12.1. The molecule has 0 aliphatic carbocycles. The summed E-state index contributed by atoms with van der Waals surface area (Å²) in [5.41, 5.74) is 4.79. The van der Waals surface area contributed by atoms with Gasteiger partial charge in [-0.25, -0.2) is 0 Å². The van der Waals surface area contributed by atoms with Gasteiger partial charge < -0.3 is 0 Å². The number of nitrogens with one attached hydrogen (secondary N) is 2. The van der Waals surface area contributed by atoms with Gasteiger partial charge in [0.1, 0.15) is 6.67 Å². The number of hydrazine groups is 3. The Hall–Kier alpha value is -1.35. The molecule has 1 fully saturated rings. The maximum atomic E-state index is 12.5. The predicted molar refractivity (Wildman–Crippen MR) is 52.7 cm³/mol. The van der Waals surface area contributed by atoms with E-state index in [1.807, 2.05) is 0 Å². The Morgan fingerprint density at radius 1 is 1.41 bits per heavy atom. The van der Waals surface area contributed by atoms with Crippen molar-refractivity contribution in [2.75, 3.05) is 18.8 Å². The summed E-state index contributed by atoms with van der Waals surface area (Å²) in [7, 11) is 1.44. The van der Waals surface area contributed by atoms with Crippen LogP contribution in [0.1, 0.15) is 5.56 Å². The number of hydroxylamine groups is 1. The molecule has 1 aliphatic heterocycles. The zero-order valence-electron chi connectivity index (χ0n) is 8.88. The van der Waals surface area contributed by atoms with Crippen LogP contribution in [0.15, 0.2) is 18.2 Å². The molecule has 1 heterocycles. The van der Waals surface area contributed by atoms with E-state index in [9.17, 15) is 13.2 Å². The fourth-order valence-corrected chi connectivity index (χ4v) is 1.34. The Kier molecular flexibility index (Phi) is 3.20. The molecule has 1 aliphatic rings. The molecule has 8 heteroatoms. The third kappa shape index (κ3) is 2.67. The smallest absolute Gasteiger partial charge is 0.284 e. The molecule has 17 heavy (non-hydrogen) atoms. The van der Waals surface area contributed by atoms with Crippen LogP contribution < -0.4 is 16.1 Å². The van der Waals surface area contributed by atoms with Crippen LogP contribution in [0.25, 0.3) is 0 Å². The summed E-state index contributed by atoms with van der Waals surface area (Å²) >= 11 is 0. The molecule has 2 rings (SSSR count). The number of alkyl halides is 3. The summed E-state index contributed by atoms with van der Waals surface area (Å²) in [6, 6.07) is 5.92. The van der Waals surface area contributed by atoms with Gasteiger partial charge in [0.15, 0.2) is 0 Å². The fourth-order valence-electron chi connectivity index (χ4n) is 1.34. The van der Waals surface area contributed by atoms with E-state index >= 15 is 0 Å². The van der Waals surface area contributed by atoms with Crippen molar-refractivity contribution in [3.05, 3.63) is 29.8 Å². The van der Waals surface area contributed by atoms with Gasteiger partial charge in [0.25, 0.3) is 0 Å². The zero-order valence-corrected chi connectivity index (χ0v) is 8.88. The minimum atomic E-state index is -4.36. The number of nitrogens with zero attached hydrogens (tertiary/aromatic N) is 2. The van der Waals surface area contributed by atoms with Gasteiger partial charge in [-0.3, -0.25) is 9.85 Å². The minimum Gasteiger partial charge on any atom is -0.284 e. The van der Waals surface area contributed by atoms with Gasteiger partial charge in [-0.1, -0.05) is 11.2 Å². The van der Waals surface area contributed by atoms with Crippen molar-refractivity contribution in [3.63, 3.8) is 0 Å². The Balaban J connectivity index is 2.17. The molecule has 0 bridgehead atoms. The van der Waals surface area contributed by atoms with E-state index in [1.165, 1.54) is 23.4 Å². The molecule has 0 saturated carbocycles. The van der Waals surface area contributed by atoms with Crippen molar-refractivity contribution < 1.29 is 18.0 Å². The molecule has 0 spiro atoms. The summed E-state index contributed by atoms with van der Waals surface area (Å²) in [5, 5.41) is 2.74. The molecule has 1 radical (unpaired) electrons. The maximum absolute atomic E-state index is 12.5. The third-order valence-electron chi connectivity index (χ3n) is 2.20. The van der Waals surface area contributed by atoms with Gasteiger partial charge in [-0.2, -0.15) is 18.7 Å². The van der Waals surface area contributed by atoms with E-state index in [0.717, 1.165) is 12.1 Å². The highest BCUT2D eigenvalue weighted by Gasteiger charge is 2.31. The monoisotopic (exact) mass is 247 g/mol. The number of hydrogen-bond donors (Lipinski definition) is 2. The zero-order chi connectivity index (χ0) is 12.5. The van der Waals surface area contributed by atoms with Gasteiger partial charge in [0.05, 0.1) is 18.4 Å². The molecule has 1 aromatic carbocycles. The first-order valence-corrected chi connectivity index (χ1v) is 4.70. The molecule has 0 aromatic heterocycles. The third-order valence-corrected chi connectivity index (χ3v) is 2.20. The lowest BCUT2D eigenvalue weighted by atomic mass is 10.2. The molecule has 0 atom stereocenters. The predicted octanol–water partition coefficient (Wildman–Crippen LogP) is 1.07. The highest BCUT2D eigenvalue weighted by atomic mass is 19.4. The molecule has 5 nitrogen and oxygen atoms in total. The van der Waals surface area contributed by atoms with Crippen molar-refractivity contribution >= 4 is 5.69 Å². The van der Waals surface area contributed by atoms with Crippen LogP contribution in [0, 0.1) is 6.07 Å². The SMILES string of the molecule is CON1CN(c2[c]ccc(C(F)(F)F)c2)NN1. The molecule has 1 aromatic rings. The van der Waals surface area contributed by atoms with Crippen molar-refractivity contribution in [1.82, 2.24) is 16.2 Å². The van der Waals surface area contributed by atoms with Gasteiger partial charge in [0.2, 0.25) is 0 Å². The van der Waals surface area contributed by atoms with E-state index in [-0.39, 0.29) is 12.4 Å². The summed E-state index contributed by atoms with van der Waals surface area (Å²) < 4.78 is 37.5. The Morgan fingerprint density at radius 3 is 2.76 bits per heavy atom. The first-order valence-electron chi connectivity index (χ1n) is 4.70. The molecule has 0 unspecified atom stereocenters. The standard InChI is InChI=1S/C9H10F3N4O/c1-17-16-6-15(13-14-16)8-4-2-3-7(5-8)9(10,11)12/h2-3,5,13-14H,6H2,1H3. The van der Waals surface area contributed by atoms with Crippen LogP contribution >= 0.6 is 0 Å². The lowest BCUT2D eigenvalue weighted by molar-refractivity contribution is -0.154. The molecular weight excluding hydrogens is 237 g/mol. The van der Waals surface area contributed by atoms with E-state index in [0.29, 0.717) is 0 Å². The van der Waals surface area contributed by atoms with Crippen LogP contribution in [-0.2, 0) is 11.0 Å². The second-order valence-corrected chi connectivity index (χ2v) is 3.31. The van der Waals surface area contributed by atoms with Crippen LogP contribution in [0.5, 0.6) is 0 Å². The second kappa shape index (κ2) is 4.49. The maximum Gasteiger partial charge on any atom is 0.416 e. The lowest BCUT2D eigenvalue weighted by Gasteiger charge is -2.17. The van der Waals surface area contributed by atoms with Crippen LogP contribution in [0.4, 0.5) is 18.9 Å². The Bertz CT molecular complexity index is 398. The van der Waals surface area contributed by atoms with Crippen molar-refractivity contribution in [3.8, 4) is 0 Å². The van der Waals surface area contributed by atoms with Crippen LogP contribution in [-0.4, -0.2) is 19.0 Å². The lowest BCUT2D eigenvalue weighted by Crippen LogP contribution is -2.38. The van der Waals surface area contributed by atoms with Crippen LogP contribution in [0.2, 0.25) is 0 Å². The average Bonchev–Trinajstić information content (AvgIpc) is 2.76. The van der Waals surface area contributed by atoms with Gasteiger partial charge in [-0.05, 0) is 12.1 Å². The van der Waals surface area contributed by atoms with Crippen molar-refractivity contribution in [2.45, 2.75) is 6.18 Å². The molecular formula is C9H10F3N4O. The number of rotatable bonds is 2. The van der Waals surface area contributed by atoms with Gasteiger partial charge in [0, 0.05) is 6.07 Å². The summed E-state index contributed by atoms with van der Waals surface area (Å²) in [6.45, 7) is 0.230. The molecule has 1 saturated heterocycles. The first-order chi connectivity index (χ1) is 8.00. The molecule has 0 amide bonds. The van der Waals surface area contributed by atoms with E-state index < -0.39 is 11.7 Å². The highest BCUT2D eigenvalue weighted by molar-refractivity contribution is 5.47. The average molecular weight is 247 g/mol. The van der Waals surface area contributed by atoms with E-state index in [4.69, 9.17) is 4.84 Å². The van der Waals surface area contributed by atoms with Gasteiger partial charge in [-0.15, -0.1) is 5.53 Å². The largest absolute Gasteiger partial charge is 0.416 e. The number of hydrogen-bond acceptors (Lipinski definition) is 5. The van der Waals surface area contributed by atoms with Crippen molar-refractivity contribution in [1.29, 1.82) is 0 Å². The summed E-state index contributed by atoms with van der Waals surface area (Å²) in [5.74, 6) is 0. The quantitative estimate of drug-likeness (QED) is 0.818. The number of anilines is 1. The minimum absolute atomic E-state index is 0.230. The highest BCUT2D eigenvalue weighted by Crippen LogP contribution is 2.31. The summed E-state index contributed by atoms with van der Waals surface area (Å²) in [4.78, 5) is 4.84.